The van der Waals surface area contributed by atoms with E-state index in [0.717, 1.165) is 14.9 Å². The van der Waals surface area contributed by atoms with Gasteiger partial charge in [-0.2, -0.15) is 0 Å². The second-order valence-corrected chi connectivity index (χ2v) is 8.01. The van der Waals surface area contributed by atoms with Gasteiger partial charge in [-0.15, -0.1) is 11.3 Å². The molecular formula is C12H12BrNO2S2. The Kier molecular flexibility index (Phi) is 3.79. The number of benzene rings is 1. The lowest BCUT2D eigenvalue weighted by molar-refractivity contribution is 0.603. The summed E-state index contributed by atoms with van der Waals surface area (Å²) in [4.78, 5) is 0.971. The number of anilines is 1. The van der Waals surface area contributed by atoms with Crippen molar-refractivity contribution < 1.29 is 8.42 Å². The summed E-state index contributed by atoms with van der Waals surface area (Å²) >= 11 is 4.60. The molecule has 1 heterocycles. The predicted molar refractivity (Wildman–Crippen MR) is 78.7 cm³/mol. The average Bonchev–Trinajstić information content (AvgIpc) is 2.71. The van der Waals surface area contributed by atoms with Crippen molar-refractivity contribution >= 4 is 43.0 Å². The number of halogens is 1. The number of sulfonamides is 1. The molecule has 0 unspecified atom stereocenters. The number of hydrogen-bond donors (Lipinski definition) is 1. The Hall–Kier alpha value is -0.850. The minimum absolute atomic E-state index is 0.327. The van der Waals surface area contributed by atoms with Crippen LogP contribution in [0.3, 0.4) is 0 Å². The lowest BCUT2D eigenvalue weighted by Crippen LogP contribution is -2.11. The molecule has 2 aromatic rings. The molecule has 0 aliphatic rings. The summed E-state index contributed by atoms with van der Waals surface area (Å²) in [6.07, 6.45) is 0. The van der Waals surface area contributed by atoms with Gasteiger partial charge in [0.25, 0.3) is 10.0 Å². The molecule has 6 heteroatoms. The van der Waals surface area contributed by atoms with Gasteiger partial charge in [-0.3, -0.25) is 4.72 Å². The normalized spacial score (nSPS) is 11.5. The molecular weight excluding hydrogens is 334 g/mol. The second kappa shape index (κ2) is 5.03. The van der Waals surface area contributed by atoms with Crippen LogP contribution in [-0.4, -0.2) is 8.42 Å². The highest BCUT2D eigenvalue weighted by atomic mass is 79.9. The van der Waals surface area contributed by atoms with Crippen molar-refractivity contribution in [3.05, 3.63) is 45.2 Å². The van der Waals surface area contributed by atoms with Crippen LogP contribution in [0.5, 0.6) is 0 Å². The van der Waals surface area contributed by atoms with Crippen LogP contribution in [0, 0.1) is 13.8 Å². The van der Waals surface area contributed by atoms with Crippen LogP contribution in [0.1, 0.15) is 10.4 Å². The van der Waals surface area contributed by atoms with Gasteiger partial charge < -0.3 is 0 Å². The van der Waals surface area contributed by atoms with Gasteiger partial charge in [-0.1, -0.05) is 6.07 Å². The minimum Gasteiger partial charge on any atom is -0.278 e. The van der Waals surface area contributed by atoms with E-state index in [-0.39, 0.29) is 0 Å². The summed E-state index contributed by atoms with van der Waals surface area (Å²) in [7, 11) is -3.49. The van der Waals surface area contributed by atoms with Crippen molar-refractivity contribution in [1.82, 2.24) is 0 Å². The maximum Gasteiger partial charge on any atom is 0.271 e. The lowest BCUT2D eigenvalue weighted by atomic mass is 10.2. The molecule has 18 heavy (non-hydrogen) atoms. The quantitative estimate of drug-likeness (QED) is 0.915. The number of thiophene rings is 1. The maximum atomic E-state index is 12.2. The van der Waals surface area contributed by atoms with E-state index < -0.39 is 10.0 Å². The highest BCUT2D eigenvalue weighted by Crippen LogP contribution is 2.28. The number of aryl methyl sites for hydroxylation is 2. The summed E-state index contributed by atoms with van der Waals surface area (Å²) in [6.45, 7) is 3.80. The molecule has 0 spiro atoms. The maximum absolute atomic E-state index is 12.2. The van der Waals surface area contributed by atoms with Gasteiger partial charge in [0.05, 0.1) is 5.69 Å². The van der Waals surface area contributed by atoms with E-state index in [0.29, 0.717) is 9.90 Å². The molecule has 3 nitrogen and oxygen atoms in total. The molecule has 2 rings (SSSR count). The van der Waals surface area contributed by atoms with E-state index in [2.05, 4.69) is 20.7 Å². The van der Waals surface area contributed by atoms with Crippen molar-refractivity contribution in [3.8, 4) is 0 Å². The third-order valence-corrected chi connectivity index (χ3v) is 5.90. The third-order valence-electron chi connectivity index (χ3n) is 2.35. The van der Waals surface area contributed by atoms with Crippen molar-refractivity contribution in [3.63, 3.8) is 0 Å². The van der Waals surface area contributed by atoms with Crippen molar-refractivity contribution in [2.75, 3.05) is 4.72 Å². The van der Waals surface area contributed by atoms with Gasteiger partial charge in [0, 0.05) is 9.35 Å². The highest BCUT2D eigenvalue weighted by Gasteiger charge is 2.17. The fourth-order valence-corrected chi connectivity index (χ4v) is 4.30. The van der Waals surface area contributed by atoms with E-state index in [4.69, 9.17) is 0 Å². The zero-order valence-electron chi connectivity index (χ0n) is 9.90. The fraction of sp³-hybridized carbons (Fsp3) is 0.167. The molecule has 1 aromatic heterocycles. The summed E-state index contributed by atoms with van der Waals surface area (Å²) in [6, 6.07) is 8.95. The minimum atomic E-state index is -3.49. The smallest absolute Gasteiger partial charge is 0.271 e. The van der Waals surface area contributed by atoms with E-state index >= 15 is 0 Å². The first kappa shape index (κ1) is 13.6. The molecule has 0 fully saturated rings. The van der Waals surface area contributed by atoms with Crippen LogP contribution in [0.15, 0.2) is 39.0 Å². The van der Waals surface area contributed by atoms with Crippen molar-refractivity contribution in [2.45, 2.75) is 18.1 Å². The van der Waals surface area contributed by atoms with Crippen LogP contribution >= 0.6 is 27.3 Å². The first-order valence-electron chi connectivity index (χ1n) is 5.24. The van der Waals surface area contributed by atoms with Crippen LogP contribution in [0.25, 0.3) is 0 Å². The monoisotopic (exact) mass is 345 g/mol. The summed E-state index contributed by atoms with van der Waals surface area (Å²) < 4.78 is 28.0. The summed E-state index contributed by atoms with van der Waals surface area (Å²) in [5.41, 5.74) is 1.55. The summed E-state index contributed by atoms with van der Waals surface area (Å²) in [5.74, 6) is 0. The Morgan fingerprint density at radius 1 is 1.17 bits per heavy atom. The first-order chi connectivity index (χ1) is 8.38. The average molecular weight is 346 g/mol. The Balaban J connectivity index is 2.36. The number of hydrogen-bond acceptors (Lipinski definition) is 3. The van der Waals surface area contributed by atoms with E-state index in [1.165, 1.54) is 11.3 Å². The topological polar surface area (TPSA) is 46.2 Å². The van der Waals surface area contributed by atoms with Crippen LogP contribution in [0.2, 0.25) is 0 Å². The van der Waals surface area contributed by atoms with Crippen LogP contribution in [-0.2, 0) is 10.0 Å². The molecule has 0 amide bonds. The largest absolute Gasteiger partial charge is 0.278 e. The third kappa shape index (κ3) is 2.93. The standard InChI is InChI=1S/C12H12BrNO2S2/c1-8-3-5-10(13)11(7-8)14-18(15,16)12-6-4-9(2)17-12/h3-7,14H,1-2H3. The molecule has 0 aliphatic carbocycles. The number of rotatable bonds is 3. The molecule has 0 atom stereocenters. The molecule has 1 aromatic carbocycles. The lowest BCUT2D eigenvalue weighted by Gasteiger charge is -2.09. The molecule has 96 valence electrons. The van der Waals surface area contributed by atoms with Gasteiger partial charge in [-0.05, 0) is 59.6 Å². The number of nitrogens with one attached hydrogen (secondary N) is 1. The van der Waals surface area contributed by atoms with Gasteiger partial charge in [-0.25, -0.2) is 8.42 Å². The zero-order valence-corrected chi connectivity index (χ0v) is 13.1. The molecule has 0 bridgehead atoms. The van der Waals surface area contributed by atoms with E-state index in [1.807, 2.05) is 26.0 Å². The molecule has 0 saturated heterocycles. The Labute approximate surface area is 119 Å². The van der Waals surface area contributed by atoms with Crippen molar-refractivity contribution in [2.24, 2.45) is 0 Å². The molecule has 1 N–H and O–H groups in total. The molecule has 0 saturated carbocycles. The Bertz CT molecular complexity index is 677. The van der Waals surface area contributed by atoms with Crippen LogP contribution in [0.4, 0.5) is 5.69 Å². The SMILES string of the molecule is Cc1ccc(Br)c(NS(=O)(=O)c2ccc(C)s2)c1. The van der Waals surface area contributed by atoms with Crippen LogP contribution < -0.4 is 4.72 Å². The van der Waals surface area contributed by atoms with Gasteiger partial charge in [0.15, 0.2) is 0 Å². The van der Waals surface area contributed by atoms with Gasteiger partial charge >= 0.3 is 0 Å². The van der Waals surface area contributed by atoms with Crippen molar-refractivity contribution in [1.29, 1.82) is 0 Å². The predicted octanol–water partition coefficient (Wildman–Crippen LogP) is 3.93. The van der Waals surface area contributed by atoms with Gasteiger partial charge in [0.2, 0.25) is 0 Å². The Morgan fingerprint density at radius 2 is 1.89 bits per heavy atom. The molecule has 0 radical (unpaired) electrons. The first-order valence-corrected chi connectivity index (χ1v) is 8.33. The second-order valence-electron chi connectivity index (χ2n) is 3.95. The van der Waals surface area contributed by atoms with Gasteiger partial charge in [0.1, 0.15) is 4.21 Å². The van der Waals surface area contributed by atoms with E-state index in [9.17, 15) is 8.42 Å². The summed E-state index contributed by atoms with van der Waals surface area (Å²) in [5, 5.41) is 0. The molecule has 0 aliphatic heterocycles. The zero-order chi connectivity index (χ0) is 13.3. The fourth-order valence-electron chi connectivity index (χ4n) is 1.47. The highest BCUT2D eigenvalue weighted by molar-refractivity contribution is 9.10. The van der Waals surface area contributed by atoms with E-state index in [1.54, 1.807) is 18.2 Å². The Morgan fingerprint density at radius 3 is 2.50 bits per heavy atom.